The number of nitro benzene ring substituents is 1. The van der Waals surface area contributed by atoms with E-state index in [0.29, 0.717) is 13.0 Å². The van der Waals surface area contributed by atoms with Gasteiger partial charge in [0.2, 0.25) is 0 Å². The summed E-state index contributed by atoms with van der Waals surface area (Å²) in [7, 11) is 0. The zero-order valence-corrected chi connectivity index (χ0v) is 8.84. The second kappa shape index (κ2) is 5.51. The Hall–Kier alpha value is -2.55. The van der Waals surface area contributed by atoms with Crippen molar-refractivity contribution in [3.05, 3.63) is 33.9 Å². The first kappa shape index (κ1) is 12.5. The van der Waals surface area contributed by atoms with Crippen LogP contribution >= 0.6 is 0 Å². The minimum absolute atomic E-state index is 0.0207. The third kappa shape index (κ3) is 3.21. The van der Waals surface area contributed by atoms with Crippen LogP contribution in [-0.2, 0) is 0 Å². The molecule has 0 amide bonds. The molecule has 0 bridgehead atoms. The number of terminal acetylenes is 1. The number of rotatable bonds is 5. The molecule has 0 aromatic heterocycles. The van der Waals surface area contributed by atoms with Gasteiger partial charge in [0, 0.05) is 25.1 Å². The quantitative estimate of drug-likeness (QED) is 0.350. The number of carboxylic acids is 1. The summed E-state index contributed by atoms with van der Waals surface area (Å²) in [6.07, 6.45) is 5.46. The number of hydrogen-bond acceptors (Lipinski definition) is 4. The summed E-state index contributed by atoms with van der Waals surface area (Å²) in [5.41, 5.74) is 0.00720. The molecule has 2 N–H and O–H groups in total. The molecule has 0 atom stereocenters. The Morgan fingerprint density at radius 3 is 2.82 bits per heavy atom. The van der Waals surface area contributed by atoms with Gasteiger partial charge in [0.05, 0.1) is 16.2 Å². The Morgan fingerprint density at radius 1 is 1.59 bits per heavy atom. The Morgan fingerprint density at radius 2 is 2.29 bits per heavy atom. The number of anilines is 1. The van der Waals surface area contributed by atoms with Gasteiger partial charge < -0.3 is 10.4 Å². The van der Waals surface area contributed by atoms with Crippen molar-refractivity contribution in [3.63, 3.8) is 0 Å². The van der Waals surface area contributed by atoms with E-state index < -0.39 is 10.9 Å². The number of non-ortho nitro benzene ring substituents is 1. The molecule has 0 saturated heterocycles. The van der Waals surface area contributed by atoms with Gasteiger partial charge in [0.1, 0.15) is 0 Å². The van der Waals surface area contributed by atoms with Gasteiger partial charge >= 0.3 is 5.97 Å². The number of carbonyl (C=O) groups is 1. The number of nitrogens with zero attached hydrogens (tertiary/aromatic N) is 1. The molecule has 17 heavy (non-hydrogen) atoms. The van der Waals surface area contributed by atoms with Crippen molar-refractivity contribution in [2.24, 2.45) is 0 Å². The molecule has 0 saturated carbocycles. The van der Waals surface area contributed by atoms with E-state index in [2.05, 4.69) is 11.2 Å². The summed E-state index contributed by atoms with van der Waals surface area (Å²) in [5.74, 6) is 1.23. The van der Waals surface area contributed by atoms with E-state index in [1.54, 1.807) is 0 Å². The maximum Gasteiger partial charge on any atom is 0.337 e. The van der Waals surface area contributed by atoms with Crippen LogP contribution in [-0.4, -0.2) is 22.5 Å². The molecule has 0 unspecified atom stereocenters. The monoisotopic (exact) mass is 234 g/mol. The SMILES string of the molecule is C#CCCNc1cc([N+](=O)[O-])ccc1C(=O)O. The van der Waals surface area contributed by atoms with Gasteiger partial charge in [0.25, 0.3) is 5.69 Å². The molecule has 0 aliphatic carbocycles. The average molecular weight is 234 g/mol. The van der Waals surface area contributed by atoms with Crippen molar-refractivity contribution in [3.8, 4) is 12.3 Å². The van der Waals surface area contributed by atoms with E-state index >= 15 is 0 Å². The van der Waals surface area contributed by atoms with Gasteiger partial charge in [-0.2, -0.15) is 0 Å². The topological polar surface area (TPSA) is 92.5 Å². The van der Waals surface area contributed by atoms with E-state index in [1.807, 2.05) is 0 Å². The maximum atomic E-state index is 10.9. The van der Waals surface area contributed by atoms with E-state index in [0.717, 1.165) is 6.07 Å². The lowest BCUT2D eigenvalue weighted by atomic mass is 10.1. The number of nitrogens with one attached hydrogen (secondary N) is 1. The highest BCUT2D eigenvalue weighted by atomic mass is 16.6. The molecule has 0 heterocycles. The predicted molar refractivity (Wildman–Crippen MR) is 62.0 cm³/mol. The van der Waals surface area contributed by atoms with Gasteiger partial charge in [-0.1, -0.05) is 0 Å². The van der Waals surface area contributed by atoms with Crippen LogP contribution in [0.1, 0.15) is 16.8 Å². The van der Waals surface area contributed by atoms with Crippen LogP contribution in [0.25, 0.3) is 0 Å². The number of nitro groups is 1. The summed E-state index contributed by atoms with van der Waals surface area (Å²) < 4.78 is 0. The zero-order chi connectivity index (χ0) is 12.8. The third-order valence-corrected chi connectivity index (χ3v) is 2.03. The Bertz CT molecular complexity index is 491. The Kier molecular flexibility index (Phi) is 4.06. The fourth-order valence-corrected chi connectivity index (χ4v) is 1.25. The van der Waals surface area contributed by atoms with Crippen LogP contribution in [0.5, 0.6) is 0 Å². The molecule has 6 nitrogen and oxygen atoms in total. The lowest BCUT2D eigenvalue weighted by Crippen LogP contribution is -2.07. The van der Waals surface area contributed by atoms with Crippen molar-refractivity contribution in [2.75, 3.05) is 11.9 Å². The minimum Gasteiger partial charge on any atom is -0.478 e. The fraction of sp³-hybridized carbons (Fsp3) is 0.182. The third-order valence-electron chi connectivity index (χ3n) is 2.03. The van der Waals surface area contributed by atoms with Crippen LogP contribution < -0.4 is 5.32 Å². The zero-order valence-electron chi connectivity index (χ0n) is 8.84. The highest BCUT2D eigenvalue weighted by Gasteiger charge is 2.14. The van der Waals surface area contributed by atoms with Gasteiger partial charge in [-0.25, -0.2) is 4.79 Å². The number of benzene rings is 1. The lowest BCUT2D eigenvalue weighted by molar-refractivity contribution is -0.384. The number of carboxylic acid groups (broad SMARTS) is 1. The van der Waals surface area contributed by atoms with Crippen LogP contribution in [0.2, 0.25) is 0 Å². The molecule has 0 aliphatic rings. The average Bonchev–Trinajstić information content (AvgIpc) is 2.28. The van der Waals surface area contributed by atoms with E-state index in [9.17, 15) is 14.9 Å². The van der Waals surface area contributed by atoms with Crippen LogP contribution in [0.3, 0.4) is 0 Å². The molecule has 0 aliphatic heterocycles. The summed E-state index contributed by atoms with van der Waals surface area (Å²) in [4.78, 5) is 20.9. The standard InChI is InChI=1S/C11H10N2O4/c1-2-3-6-12-10-7-8(13(16)17)4-5-9(10)11(14)15/h1,4-5,7,12H,3,6H2,(H,14,15). The predicted octanol–water partition coefficient (Wildman–Crippen LogP) is 1.73. The number of hydrogen-bond donors (Lipinski definition) is 2. The molecule has 1 aromatic carbocycles. The summed E-state index contributed by atoms with van der Waals surface area (Å²) in [5, 5.41) is 22.2. The summed E-state index contributed by atoms with van der Waals surface area (Å²) in [6, 6.07) is 3.52. The van der Waals surface area contributed by atoms with Crippen molar-refractivity contribution in [1.82, 2.24) is 0 Å². The van der Waals surface area contributed by atoms with Crippen molar-refractivity contribution in [1.29, 1.82) is 0 Å². The molecule has 1 aromatic rings. The van der Waals surface area contributed by atoms with Gasteiger partial charge in [-0.15, -0.1) is 12.3 Å². The van der Waals surface area contributed by atoms with E-state index in [-0.39, 0.29) is 16.9 Å². The molecule has 0 spiro atoms. The van der Waals surface area contributed by atoms with E-state index in [4.69, 9.17) is 11.5 Å². The minimum atomic E-state index is -1.15. The first-order valence-corrected chi connectivity index (χ1v) is 4.75. The second-order valence-electron chi connectivity index (χ2n) is 3.17. The molecule has 88 valence electrons. The van der Waals surface area contributed by atoms with Gasteiger partial charge in [-0.05, 0) is 6.07 Å². The first-order chi connectivity index (χ1) is 8.06. The van der Waals surface area contributed by atoms with Crippen molar-refractivity contribution < 1.29 is 14.8 Å². The highest BCUT2D eigenvalue weighted by molar-refractivity contribution is 5.94. The Labute approximate surface area is 97.4 Å². The fourth-order valence-electron chi connectivity index (χ4n) is 1.25. The second-order valence-corrected chi connectivity index (χ2v) is 3.17. The molecule has 6 heteroatoms. The lowest BCUT2D eigenvalue weighted by Gasteiger charge is -2.07. The molecule has 0 fully saturated rings. The van der Waals surface area contributed by atoms with Crippen molar-refractivity contribution in [2.45, 2.75) is 6.42 Å². The summed E-state index contributed by atoms with van der Waals surface area (Å²) >= 11 is 0. The van der Waals surface area contributed by atoms with Crippen LogP contribution in [0, 0.1) is 22.5 Å². The van der Waals surface area contributed by atoms with E-state index in [1.165, 1.54) is 12.1 Å². The molecular formula is C11H10N2O4. The maximum absolute atomic E-state index is 10.9. The molecule has 1 rings (SSSR count). The largest absolute Gasteiger partial charge is 0.478 e. The first-order valence-electron chi connectivity index (χ1n) is 4.75. The van der Waals surface area contributed by atoms with Crippen LogP contribution in [0.15, 0.2) is 18.2 Å². The summed E-state index contributed by atoms with van der Waals surface area (Å²) in [6.45, 7) is 0.359. The normalized spacial score (nSPS) is 9.35. The van der Waals surface area contributed by atoms with Crippen LogP contribution in [0.4, 0.5) is 11.4 Å². The van der Waals surface area contributed by atoms with Crippen molar-refractivity contribution >= 4 is 17.3 Å². The molecule has 0 radical (unpaired) electrons. The van der Waals surface area contributed by atoms with Gasteiger partial charge in [-0.3, -0.25) is 10.1 Å². The number of aromatic carboxylic acids is 1. The highest BCUT2D eigenvalue weighted by Crippen LogP contribution is 2.22. The molecular weight excluding hydrogens is 224 g/mol. The van der Waals surface area contributed by atoms with Gasteiger partial charge in [0.15, 0.2) is 0 Å². The smallest absolute Gasteiger partial charge is 0.337 e. The Balaban J connectivity index is 3.03.